The molecule has 0 saturated heterocycles. The number of hydrogen-bond donors (Lipinski definition) is 0. The van der Waals surface area contributed by atoms with Gasteiger partial charge in [0.1, 0.15) is 6.10 Å². The predicted octanol–water partition coefficient (Wildman–Crippen LogP) is 3.20. The van der Waals surface area contributed by atoms with Crippen molar-refractivity contribution in [3.05, 3.63) is 35.9 Å². The van der Waals surface area contributed by atoms with Crippen LogP contribution in [0.1, 0.15) is 32.4 Å². The number of aliphatic imine (C=N–C) groups is 1. The van der Waals surface area contributed by atoms with Gasteiger partial charge in [0.25, 0.3) is 0 Å². The first-order chi connectivity index (χ1) is 7.18. The molecular weight excluding hydrogens is 186 g/mol. The van der Waals surface area contributed by atoms with E-state index in [-0.39, 0.29) is 12.1 Å². The molecule has 0 saturated carbocycles. The topological polar surface area (TPSA) is 21.6 Å². The van der Waals surface area contributed by atoms with E-state index in [2.05, 4.69) is 31.0 Å². The van der Waals surface area contributed by atoms with Crippen LogP contribution in [0.2, 0.25) is 0 Å². The van der Waals surface area contributed by atoms with E-state index in [1.165, 1.54) is 5.56 Å². The summed E-state index contributed by atoms with van der Waals surface area (Å²) in [5, 5.41) is 0. The minimum Gasteiger partial charge on any atom is -0.471 e. The molecule has 0 fully saturated rings. The van der Waals surface area contributed by atoms with E-state index in [9.17, 15) is 0 Å². The smallest absolute Gasteiger partial charge is 0.181 e. The molecule has 1 aromatic rings. The normalized spacial score (nSPS) is 25.2. The van der Waals surface area contributed by atoms with Gasteiger partial charge in [-0.05, 0) is 11.5 Å². The van der Waals surface area contributed by atoms with Crippen molar-refractivity contribution in [1.29, 1.82) is 0 Å². The van der Waals surface area contributed by atoms with Gasteiger partial charge in [0.2, 0.25) is 0 Å². The number of hydrogen-bond acceptors (Lipinski definition) is 2. The molecule has 1 heterocycles. The predicted molar refractivity (Wildman–Crippen MR) is 62.0 cm³/mol. The van der Waals surface area contributed by atoms with Crippen LogP contribution in [0.15, 0.2) is 35.3 Å². The van der Waals surface area contributed by atoms with Crippen LogP contribution in [0, 0.1) is 5.92 Å². The van der Waals surface area contributed by atoms with Crippen molar-refractivity contribution in [2.75, 3.05) is 0 Å². The monoisotopic (exact) mass is 203 g/mol. The third kappa shape index (κ3) is 2.04. The summed E-state index contributed by atoms with van der Waals surface area (Å²) in [6, 6.07) is 10.6. The maximum atomic E-state index is 5.77. The SMILES string of the molecule is CC1=NC(C(C)C)C(c2ccccc2)O1. The van der Waals surface area contributed by atoms with Gasteiger partial charge in [0, 0.05) is 6.92 Å². The van der Waals surface area contributed by atoms with E-state index >= 15 is 0 Å². The second-order valence-corrected chi connectivity index (χ2v) is 4.33. The maximum Gasteiger partial charge on any atom is 0.181 e. The van der Waals surface area contributed by atoms with Crippen LogP contribution < -0.4 is 0 Å². The third-order valence-electron chi connectivity index (χ3n) is 2.75. The molecule has 1 aromatic carbocycles. The largest absolute Gasteiger partial charge is 0.471 e. The molecule has 2 atom stereocenters. The van der Waals surface area contributed by atoms with Crippen LogP contribution in [0.3, 0.4) is 0 Å². The Morgan fingerprint density at radius 3 is 2.47 bits per heavy atom. The molecule has 1 aliphatic rings. The molecule has 0 radical (unpaired) electrons. The molecule has 2 rings (SSSR count). The average molecular weight is 203 g/mol. The first kappa shape index (κ1) is 10.2. The summed E-state index contributed by atoms with van der Waals surface area (Å²) >= 11 is 0. The fourth-order valence-electron chi connectivity index (χ4n) is 1.97. The van der Waals surface area contributed by atoms with Crippen LogP contribution in [0.5, 0.6) is 0 Å². The van der Waals surface area contributed by atoms with Crippen molar-refractivity contribution in [1.82, 2.24) is 0 Å². The molecule has 15 heavy (non-hydrogen) atoms. The zero-order valence-corrected chi connectivity index (χ0v) is 9.47. The van der Waals surface area contributed by atoms with Crippen LogP contribution in [0.4, 0.5) is 0 Å². The summed E-state index contributed by atoms with van der Waals surface area (Å²) in [7, 11) is 0. The summed E-state index contributed by atoms with van der Waals surface area (Å²) in [5.41, 5.74) is 1.22. The number of rotatable bonds is 2. The fourth-order valence-corrected chi connectivity index (χ4v) is 1.97. The van der Waals surface area contributed by atoms with Gasteiger partial charge < -0.3 is 4.74 Å². The van der Waals surface area contributed by atoms with Crippen molar-refractivity contribution < 1.29 is 4.74 Å². The van der Waals surface area contributed by atoms with E-state index in [1.807, 2.05) is 25.1 Å². The molecule has 0 bridgehead atoms. The highest BCUT2D eigenvalue weighted by Crippen LogP contribution is 2.32. The van der Waals surface area contributed by atoms with Crippen LogP contribution in [0.25, 0.3) is 0 Å². The van der Waals surface area contributed by atoms with Gasteiger partial charge in [-0.15, -0.1) is 0 Å². The molecule has 2 heteroatoms. The first-order valence-electron chi connectivity index (χ1n) is 5.44. The molecule has 0 aromatic heterocycles. The highest BCUT2D eigenvalue weighted by atomic mass is 16.5. The molecule has 2 unspecified atom stereocenters. The Hall–Kier alpha value is -1.31. The zero-order chi connectivity index (χ0) is 10.8. The third-order valence-corrected chi connectivity index (χ3v) is 2.75. The van der Waals surface area contributed by atoms with Gasteiger partial charge in [0.15, 0.2) is 5.90 Å². The number of benzene rings is 1. The minimum atomic E-state index is 0.103. The molecule has 80 valence electrons. The highest BCUT2D eigenvalue weighted by Gasteiger charge is 2.32. The fraction of sp³-hybridized carbons (Fsp3) is 0.462. The van der Waals surface area contributed by atoms with Crippen LogP contribution in [-0.2, 0) is 4.74 Å². The van der Waals surface area contributed by atoms with Gasteiger partial charge in [-0.25, -0.2) is 4.99 Å². The van der Waals surface area contributed by atoms with Gasteiger partial charge in [-0.2, -0.15) is 0 Å². The Kier molecular flexibility index (Phi) is 2.76. The van der Waals surface area contributed by atoms with E-state index in [0.717, 1.165) is 5.90 Å². The summed E-state index contributed by atoms with van der Waals surface area (Å²) in [6.07, 6.45) is 0.103. The lowest BCUT2D eigenvalue weighted by Crippen LogP contribution is -2.19. The van der Waals surface area contributed by atoms with Gasteiger partial charge in [-0.1, -0.05) is 44.2 Å². The lowest BCUT2D eigenvalue weighted by atomic mass is 9.94. The summed E-state index contributed by atoms with van der Waals surface area (Å²) in [6.45, 7) is 6.30. The molecule has 2 nitrogen and oxygen atoms in total. The summed E-state index contributed by atoms with van der Waals surface area (Å²) < 4.78 is 5.77. The van der Waals surface area contributed by atoms with Gasteiger partial charge in [-0.3, -0.25) is 0 Å². The lowest BCUT2D eigenvalue weighted by Gasteiger charge is -2.20. The molecule has 0 N–H and O–H groups in total. The van der Waals surface area contributed by atoms with Crippen molar-refractivity contribution in [3.8, 4) is 0 Å². The molecule has 0 amide bonds. The quantitative estimate of drug-likeness (QED) is 0.723. The van der Waals surface area contributed by atoms with Crippen molar-refractivity contribution in [2.24, 2.45) is 10.9 Å². The first-order valence-corrected chi connectivity index (χ1v) is 5.44. The number of nitrogens with zero attached hydrogens (tertiary/aromatic N) is 1. The Balaban J connectivity index is 2.24. The molecule has 1 aliphatic heterocycles. The van der Waals surface area contributed by atoms with Crippen molar-refractivity contribution >= 4 is 5.90 Å². The Morgan fingerprint density at radius 2 is 1.87 bits per heavy atom. The van der Waals surface area contributed by atoms with E-state index in [0.29, 0.717) is 5.92 Å². The van der Waals surface area contributed by atoms with Gasteiger partial charge in [0.05, 0.1) is 6.04 Å². The molecule has 0 aliphatic carbocycles. The Labute approximate surface area is 91.0 Å². The Morgan fingerprint density at radius 1 is 1.20 bits per heavy atom. The minimum absolute atomic E-state index is 0.103. The van der Waals surface area contributed by atoms with E-state index in [1.54, 1.807) is 0 Å². The average Bonchev–Trinajstić information content (AvgIpc) is 2.62. The summed E-state index contributed by atoms with van der Waals surface area (Å²) in [4.78, 5) is 4.54. The van der Waals surface area contributed by atoms with E-state index in [4.69, 9.17) is 4.74 Å². The second-order valence-electron chi connectivity index (χ2n) is 4.33. The maximum absolute atomic E-state index is 5.77. The van der Waals surface area contributed by atoms with Crippen molar-refractivity contribution in [2.45, 2.75) is 32.9 Å². The highest BCUT2D eigenvalue weighted by molar-refractivity contribution is 5.75. The molecular formula is C13H17NO. The van der Waals surface area contributed by atoms with Crippen LogP contribution in [-0.4, -0.2) is 11.9 Å². The van der Waals surface area contributed by atoms with Gasteiger partial charge >= 0.3 is 0 Å². The standard InChI is InChI=1S/C13H17NO/c1-9(2)12-13(15-10(3)14-12)11-7-5-4-6-8-11/h4-9,12-13H,1-3H3. The molecule has 0 spiro atoms. The van der Waals surface area contributed by atoms with E-state index < -0.39 is 0 Å². The number of ether oxygens (including phenoxy) is 1. The zero-order valence-electron chi connectivity index (χ0n) is 9.47. The second kappa shape index (κ2) is 4.05. The van der Waals surface area contributed by atoms with Crippen LogP contribution >= 0.6 is 0 Å². The summed E-state index contributed by atoms with van der Waals surface area (Å²) in [5.74, 6) is 1.32. The Bertz CT molecular complexity index is 356. The lowest BCUT2D eigenvalue weighted by molar-refractivity contribution is 0.174. The van der Waals surface area contributed by atoms with Crippen molar-refractivity contribution in [3.63, 3.8) is 0 Å².